The van der Waals surface area contributed by atoms with Gasteiger partial charge in [0.25, 0.3) is 0 Å². The van der Waals surface area contributed by atoms with Crippen LogP contribution >= 0.6 is 0 Å². The normalized spacial score (nSPS) is 16.8. The third-order valence-corrected chi connectivity index (χ3v) is 5.48. The quantitative estimate of drug-likeness (QED) is 0.549. The fourth-order valence-corrected chi connectivity index (χ4v) is 4.20. The minimum atomic E-state index is 0.231. The van der Waals surface area contributed by atoms with Crippen LogP contribution in [-0.2, 0) is 13.1 Å². The van der Waals surface area contributed by atoms with Gasteiger partial charge in [-0.25, -0.2) is 0 Å². The standard InChI is InChI=1S/C25H30N2O2/c1-3-28-22-12-8-20(9-13-22)19-27-18-6-17-26-16-5-7-24(26)25(27)21-10-14-23(15-11-21)29-4-2/h5,7-16,25H,3-4,6,17-19H2,1-2H3. The summed E-state index contributed by atoms with van der Waals surface area (Å²) in [7, 11) is 0. The maximum Gasteiger partial charge on any atom is 0.119 e. The number of rotatable bonds is 7. The van der Waals surface area contributed by atoms with Gasteiger partial charge in [0.2, 0.25) is 0 Å². The summed E-state index contributed by atoms with van der Waals surface area (Å²) < 4.78 is 13.7. The average molecular weight is 391 g/mol. The predicted molar refractivity (Wildman–Crippen MR) is 117 cm³/mol. The first-order valence-corrected chi connectivity index (χ1v) is 10.6. The first kappa shape index (κ1) is 19.6. The van der Waals surface area contributed by atoms with Crippen molar-refractivity contribution in [3.8, 4) is 11.5 Å². The second-order valence-electron chi connectivity index (χ2n) is 7.43. The largest absolute Gasteiger partial charge is 0.494 e. The van der Waals surface area contributed by atoms with E-state index < -0.39 is 0 Å². The summed E-state index contributed by atoms with van der Waals surface area (Å²) in [6.45, 7) is 8.46. The molecule has 4 rings (SSSR count). The molecule has 1 aliphatic heterocycles. The van der Waals surface area contributed by atoms with Crippen molar-refractivity contribution in [3.63, 3.8) is 0 Å². The van der Waals surface area contributed by atoms with E-state index in [0.29, 0.717) is 13.2 Å². The van der Waals surface area contributed by atoms with Crippen LogP contribution in [0.1, 0.15) is 43.1 Å². The minimum Gasteiger partial charge on any atom is -0.494 e. The van der Waals surface area contributed by atoms with E-state index in [2.05, 4.69) is 76.3 Å². The average Bonchev–Trinajstić information content (AvgIpc) is 3.12. The van der Waals surface area contributed by atoms with Crippen LogP contribution in [0.25, 0.3) is 0 Å². The van der Waals surface area contributed by atoms with E-state index >= 15 is 0 Å². The van der Waals surface area contributed by atoms with Gasteiger partial charge in [0.05, 0.1) is 19.3 Å². The number of hydrogen-bond acceptors (Lipinski definition) is 3. The van der Waals surface area contributed by atoms with E-state index in [0.717, 1.165) is 37.6 Å². The van der Waals surface area contributed by atoms with E-state index in [1.54, 1.807) is 0 Å². The first-order chi connectivity index (χ1) is 14.3. The molecule has 0 amide bonds. The van der Waals surface area contributed by atoms with Crippen LogP contribution in [-0.4, -0.2) is 29.2 Å². The third-order valence-electron chi connectivity index (χ3n) is 5.48. The molecule has 2 aromatic carbocycles. The Labute approximate surface area is 173 Å². The van der Waals surface area contributed by atoms with Gasteiger partial charge in [-0.05, 0) is 67.8 Å². The maximum atomic E-state index is 5.65. The Morgan fingerprint density at radius 2 is 1.48 bits per heavy atom. The van der Waals surface area contributed by atoms with Crippen molar-refractivity contribution >= 4 is 0 Å². The van der Waals surface area contributed by atoms with E-state index in [-0.39, 0.29) is 6.04 Å². The van der Waals surface area contributed by atoms with Crippen LogP contribution in [0.4, 0.5) is 0 Å². The van der Waals surface area contributed by atoms with E-state index in [1.807, 2.05) is 13.8 Å². The van der Waals surface area contributed by atoms with Gasteiger partial charge in [0, 0.05) is 31.5 Å². The fraction of sp³-hybridized carbons (Fsp3) is 0.360. The molecule has 4 nitrogen and oxygen atoms in total. The summed E-state index contributed by atoms with van der Waals surface area (Å²) in [4.78, 5) is 2.59. The molecule has 1 atom stereocenters. The molecule has 2 heterocycles. The fourth-order valence-electron chi connectivity index (χ4n) is 4.20. The molecular formula is C25H30N2O2. The Hall–Kier alpha value is -2.72. The zero-order valence-electron chi connectivity index (χ0n) is 17.4. The summed E-state index contributed by atoms with van der Waals surface area (Å²) in [5.74, 6) is 1.86. The highest BCUT2D eigenvalue weighted by atomic mass is 16.5. The second-order valence-corrected chi connectivity index (χ2v) is 7.43. The van der Waals surface area contributed by atoms with E-state index in [1.165, 1.54) is 16.8 Å². The van der Waals surface area contributed by atoms with Crippen LogP contribution < -0.4 is 9.47 Å². The Kier molecular flexibility index (Phi) is 6.20. The van der Waals surface area contributed by atoms with Gasteiger partial charge in [0.1, 0.15) is 11.5 Å². The summed E-state index contributed by atoms with van der Waals surface area (Å²) >= 11 is 0. The summed E-state index contributed by atoms with van der Waals surface area (Å²) in [6.07, 6.45) is 3.35. The second kappa shape index (κ2) is 9.19. The lowest BCUT2D eigenvalue weighted by molar-refractivity contribution is 0.220. The van der Waals surface area contributed by atoms with Crippen LogP contribution in [0.15, 0.2) is 66.9 Å². The molecule has 152 valence electrons. The minimum absolute atomic E-state index is 0.231. The highest BCUT2D eigenvalue weighted by Crippen LogP contribution is 2.34. The molecular weight excluding hydrogens is 360 g/mol. The van der Waals surface area contributed by atoms with Crippen molar-refractivity contribution < 1.29 is 9.47 Å². The van der Waals surface area contributed by atoms with Gasteiger partial charge < -0.3 is 14.0 Å². The van der Waals surface area contributed by atoms with Gasteiger partial charge in [-0.15, -0.1) is 0 Å². The lowest BCUT2D eigenvalue weighted by Gasteiger charge is -2.31. The number of fused-ring (bicyclic) bond motifs is 1. The first-order valence-electron chi connectivity index (χ1n) is 10.6. The number of ether oxygens (including phenoxy) is 2. The topological polar surface area (TPSA) is 26.6 Å². The molecule has 0 N–H and O–H groups in total. The van der Waals surface area contributed by atoms with Crippen LogP contribution in [0.5, 0.6) is 11.5 Å². The zero-order chi connectivity index (χ0) is 20.1. The highest BCUT2D eigenvalue weighted by Gasteiger charge is 2.27. The van der Waals surface area contributed by atoms with Crippen molar-refractivity contribution in [2.24, 2.45) is 0 Å². The van der Waals surface area contributed by atoms with Gasteiger partial charge in [-0.3, -0.25) is 4.90 Å². The summed E-state index contributed by atoms with van der Waals surface area (Å²) in [6, 6.07) is 21.8. The third kappa shape index (κ3) is 4.48. The molecule has 29 heavy (non-hydrogen) atoms. The Bertz CT molecular complexity index is 899. The Balaban J connectivity index is 1.63. The van der Waals surface area contributed by atoms with Crippen molar-refractivity contribution in [2.45, 2.75) is 39.4 Å². The smallest absolute Gasteiger partial charge is 0.119 e. The number of benzene rings is 2. The van der Waals surface area contributed by atoms with Crippen molar-refractivity contribution in [2.75, 3.05) is 19.8 Å². The Morgan fingerprint density at radius 3 is 2.14 bits per heavy atom. The van der Waals surface area contributed by atoms with Crippen molar-refractivity contribution in [3.05, 3.63) is 83.7 Å². The van der Waals surface area contributed by atoms with Gasteiger partial charge >= 0.3 is 0 Å². The maximum absolute atomic E-state index is 5.65. The monoisotopic (exact) mass is 390 g/mol. The molecule has 0 bridgehead atoms. The SMILES string of the molecule is CCOc1ccc(CN2CCCn3cccc3C2c2ccc(OCC)cc2)cc1. The van der Waals surface area contributed by atoms with Gasteiger partial charge in [-0.1, -0.05) is 24.3 Å². The molecule has 3 aromatic rings. The van der Waals surface area contributed by atoms with Crippen molar-refractivity contribution in [1.29, 1.82) is 0 Å². The summed E-state index contributed by atoms with van der Waals surface area (Å²) in [5.41, 5.74) is 3.98. The number of aromatic nitrogens is 1. The zero-order valence-corrected chi connectivity index (χ0v) is 17.4. The predicted octanol–water partition coefficient (Wildman–Crippen LogP) is 5.28. The molecule has 0 fully saturated rings. The van der Waals surface area contributed by atoms with Crippen LogP contribution in [0.3, 0.4) is 0 Å². The number of nitrogens with zero attached hydrogens (tertiary/aromatic N) is 2. The molecule has 0 saturated carbocycles. The molecule has 0 spiro atoms. The van der Waals surface area contributed by atoms with Gasteiger partial charge in [0.15, 0.2) is 0 Å². The van der Waals surface area contributed by atoms with Crippen molar-refractivity contribution in [1.82, 2.24) is 9.47 Å². The van der Waals surface area contributed by atoms with E-state index in [4.69, 9.17) is 9.47 Å². The molecule has 1 aromatic heterocycles. The molecule has 1 unspecified atom stereocenters. The highest BCUT2D eigenvalue weighted by molar-refractivity contribution is 5.35. The lowest BCUT2D eigenvalue weighted by atomic mass is 10.0. The molecule has 1 aliphatic rings. The summed E-state index contributed by atoms with van der Waals surface area (Å²) in [5, 5.41) is 0. The molecule has 4 heteroatoms. The molecule has 0 aliphatic carbocycles. The Morgan fingerprint density at radius 1 is 0.828 bits per heavy atom. The van der Waals surface area contributed by atoms with Crippen LogP contribution in [0.2, 0.25) is 0 Å². The number of aryl methyl sites for hydroxylation is 1. The van der Waals surface area contributed by atoms with E-state index in [9.17, 15) is 0 Å². The van der Waals surface area contributed by atoms with Gasteiger partial charge in [-0.2, -0.15) is 0 Å². The van der Waals surface area contributed by atoms with Crippen LogP contribution in [0, 0.1) is 0 Å². The number of hydrogen-bond donors (Lipinski definition) is 0. The lowest BCUT2D eigenvalue weighted by Crippen LogP contribution is -2.29. The molecule has 0 radical (unpaired) electrons. The molecule has 0 saturated heterocycles.